The number of benzene rings is 2. The number of para-hydroxylation sites is 1. The molecule has 0 saturated carbocycles. The minimum atomic E-state index is -3.66. The first-order chi connectivity index (χ1) is 15.5. The van der Waals surface area contributed by atoms with Crippen molar-refractivity contribution >= 4 is 43.8 Å². The van der Waals surface area contributed by atoms with Gasteiger partial charge < -0.3 is 4.57 Å². The summed E-state index contributed by atoms with van der Waals surface area (Å²) < 4.78 is 29.0. The van der Waals surface area contributed by atoms with Crippen LogP contribution >= 0.6 is 15.9 Å². The number of hydrogen-bond donors (Lipinski definition) is 1. The van der Waals surface area contributed by atoms with E-state index < -0.39 is 15.9 Å². The highest BCUT2D eigenvalue weighted by atomic mass is 79.9. The molecule has 33 heavy (non-hydrogen) atoms. The number of aromatic nitrogens is 1. The van der Waals surface area contributed by atoms with Crippen molar-refractivity contribution in [2.75, 3.05) is 17.1 Å². The van der Waals surface area contributed by atoms with Crippen LogP contribution in [0.1, 0.15) is 28.1 Å². The SMILES string of the molecule is Cc1cccc(C)c1N(CC(=O)N/N=C/c1cc(C)n(-c2cccc(Br)c2)c1C)S(C)(=O)=O. The number of amides is 1. The van der Waals surface area contributed by atoms with Gasteiger partial charge in [0.2, 0.25) is 10.0 Å². The van der Waals surface area contributed by atoms with Crippen LogP contribution in [0, 0.1) is 27.7 Å². The maximum atomic E-state index is 12.6. The number of nitrogens with one attached hydrogen (secondary N) is 1. The fourth-order valence-electron chi connectivity index (χ4n) is 3.83. The largest absolute Gasteiger partial charge is 0.318 e. The first-order valence-electron chi connectivity index (χ1n) is 10.3. The van der Waals surface area contributed by atoms with Gasteiger partial charge in [-0.1, -0.05) is 40.2 Å². The summed E-state index contributed by atoms with van der Waals surface area (Å²) in [5, 5.41) is 4.07. The minimum absolute atomic E-state index is 0.362. The summed E-state index contributed by atoms with van der Waals surface area (Å²) in [7, 11) is -3.66. The van der Waals surface area contributed by atoms with Gasteiger partial charge in [0.1, 0.15) is 6.54 Å². The standard InChI is InChI=1S/C24H27BrN4O3S/c1-16-8-6-9-17(2)24(16)28(33(5,31)32)15-23(30)27-26-14-20-12-18(3)29(19(20)4)22-11-7-10-21(25)13-22/h6-14H,15H2,1-5H3,(H,27,30)/b26-14+. The molecule has 0 fully saturated rings. The van der Waals surface area contributed by atoms with Crippen LogP contribution < -0.4 is 9.73 Å². The molecule has 2 aromatic carbocycles. The predicted molar refractivity (Wildman–Crippen MR) is 137 cm³/mol. The number of anilines is 1. The zero-order valence-corrected chi connectivity index (χ0v) is 21.7. The fraction of sp³-hybridized carbons (Fsp3) is 0.250. The third kappa shape index (κ3) is 5.72. The minimum Gasteiger partial charge on any atom is -0.318 e. The number of carbonyl (C=O) groups is 1. The Morgan fingerprint density at radius 1 is 1.09 bits per heavy atom. The molecule has 1 aromatic heterocycles. The summed E-state index contributed by atoms with van der Waals surface area (Å²) in [6.07, 6.45) is 2.66. The number of hydrazone groups is 1. The van der Waals surface area contributed by atoms with E-state index in [1.165, 1.54) is 0 Å². The Morgan fingerprint density at radius 3 is 2.33 bits per heavy atom. The van der Waals surface area contributed by atoms with E-state index in [0.717, 1.165) is 48.8 Å². The Balaban J connectivity index is 1.78. The molecule has 0 aliphatic heterocycles. The van der Waals surface area contributed by atoms with Gasteiger partial charge in [0, 0.05) is 27.1 Å². The van der Waals surface area contributed by atoms with Crippen molar-refractivity contribution in [3.8, 4) is 5.69 Å². The van der Waals surface area contributed by atoms with Crippen molar-refractivity contribution in [1.29, 1.82) is 0 Å². The lowest BCUT2D eigenvalue weighted by atomic mass is 10.1. The quantitative estimate of drug-likeness (QED) is 0.363. The first-order valence-corrected chi connectivity index (χ1v) is 12.9. The molecule has 0 spiro atoms. The molecule has 174 valence electrons. The van der Waals surface area contributed by atoms with Gasteiger partial charge in [-0.15, -0.1) is 0 Å². The highest BCUT2D eigenvalue weighted by Gasteiger charge is 2.23. The monoisotopic (exact) mass is 530 g/mol. The van der Waals surface area contributed by atoms with Crippen molar-refractivity contribution in [3.05, 3.63) is 81.1 Å². The van der Waals surface area contributed by atoms with Crippen LogP contribution in [-0.4, -0.2) is 37.9 Å². The molecule has 7 nitrogen and oxygen atoms in total. The van der Waals surface area contributed by atoms with Crippen LogP contribution in [0.15, 0.2) is 58.1 Å². The number of rotatable bonds is 7. The van der Waals surface area contributed by atoms with Crippen molar-refractivity contribution in [3.63, 3.8) is 0 Å². The van der Waals surface area contributed by atoms with Crippen molar-refractivity contribution in [2.45, 2.75) is 27.7 Å². The Bertz CT molecular complexity index is 1310. The predicted octanol–water partition coefficient (Wildman–Crippen LogP) is 4.39. The van der Waals surface area contributed by atoms with E-state index in [9.17, 15) is 13.2 Å². The van der Waals surface area contributed by atoms with Crippen LogP contribution in [0.3, 0.4) is 0 Å². The average Bonchev–Trinajstić information content (AvgIpc) is 2.99. The van der Waals surface area contributed by atoms with Crippen LogP contribution in [0.5, 0.6) is 0 Å². The van der Waals surface area contributed by atoms with Crippen LogP contribution in [0.25, 0.3) is 5.69 Å². The summed E-state index contributed by atoms with van der Waals surface area (Å²) in [6.45, 7) is 7.25. The number of hydrogen-bond acceptors (Lipinski definition) is 4. The van der Waals surface area contributed by atoms with E-state index >= 15 is 0 Å². The van der Waals surface area contributed by atoms with E-state index in [4.69, 9.17) is 0 Å². The molecule has 1 heterocycles. The number of sulfonamides is 1. The number of halogens is 1. The molecule has 0 bridgehead atoms. The third-order valence-electron chi connectivity index (χ3n) is 5.31. The number of aryl methyl sites for hydroxylation is 3. The maximum absolute atomic E-state index is 12.6. The van der Waals surface area contributed by atoms with E-state index in [0.29, 0.717) is 5.69 Å². The van der Waals surface area contributed by atoms with Crippen LogP contribution in [-0.2, 0) is 14.8 Å². The second kappa shape index (κ2) is 9.93. The Morgan fingerprint density at radius 2 is 1.73 bits per heavy atom. The summed E-state index contributed by atoms with van der Waals surface area (Å²) in [6, 6.07) is 15.4. The Labute approximate surface area is 203 Å². The molecular weight excluding hydrogens is 504 g/mol. The Hall–Kier alpha value is -2.91. The molecular formula is C24H27BrN4O3S. The van der Waals surface area contributed by atoms with Gasteiger partial charge in [0.25, 0.3) is 5.91 Å². The average molecular weight is 531 g/mol. The highest BCUT2D eigenvalue weighted by molar-refractivity contribution is 9.10. The van der Waals surface area contributed by atoms with Gasteiger partial charge in [-0.2, -0.15) is 5.10 Å². The molecule has 9 heteroatoms. The number of carbonyl (C=O) groups excluding carboxylic acids is 1. The summed E-state index contributed by atoms with van der Waals surface area (Å²) >= 11 is 3.50. The van der Waals surface area contributed by atoms with Crippen molar-refractivity contribution < 1.29 is 13.2 Å². The van der Waals surface area contributed by atoms with Gasteiger partial charge in [-0.25, -0.2) is 13.8 Å². The second-order valence-electron chi connectivity index (χ2n) is 7.94. The van der Waals surface area contributed by atoms with Gasteiger partial charge in [-0.3, -0.25) is 9.10 Å². The summed E-state index contributed by atoms with van der Waals surface area (Å²) in [4.78, 5) is 12.6. The summed E-state index contributed by atoms with van der Waals surface area (Å²) in [5.74, 6) is -0.528. The zero-order valence-electron chi connectivity index (χ0n) is 19.3. The van der Waals surface area contributed by atoms with Crippen LogP contribution in [0.4, 0.5) is 5.69 Å². The van der Waals surface area contributed by atoms with E-state index in [1.54, 1.807) is 6.21 Å². The zero-order chi connectivity index (χ0) is 24.3. The topological polar surface area (TPSA) is 83.8 Å². The second-order valence-corrected chi connectivity index (χ2v) is 10.8. The lowest BCUT2D eigenvalue weighted by molar-refractivity contribution is -0.119. The van der Waals surface area contributed by atoms with Gasteiger partial charge in [-0.05, 0) is 63.1 Å². The van der Waals surface area contributed by atoms with Gasteiger partial charge >= 0.3 is 0 Å². The van der Waals surface area contributed by atoms with Crippen molar-refractivity contribution in [1.82, 2.24) is 9.99 Å². The third-order valence-corrected chi connectivity index (χ3v) is 6.91. The molecule has 0 atom stereocenters. The molecule has 3 rings (SSSR count). The molecule has 1 amide bonds. The fourth-order valence-corrected chi connectivity index (χ4v) is 5.19. The van der Waals surface area contributed by atoms with Gasteiger partial charge in [0.05, 0.1) is 18.2 Å². The first kappa shape index (κ1) is 24.7. The molecule has 0 radical (unpaired) electrons. The van der Waals surface area contributed by atoms with Gasteiger partial charge in [0.15, 0.2) is 0 Å². The normalized spacial score (nSPS) is 11.7. The van der Waals surface area contributed by atoms with E-state index in [1.807, 2.05) is 76.2 Å². The van der Waals surface area contributed by atoms with E-state index in [-0.39, 0.29) is 6.54 Å². The molecule has 1 N–H and O–H groups in total. The number of nitrogens with zero attached hydrogens (tertiary/aromatic N) is 3. The van der Waals surface area contributed by atoms with E-state index in [2.05, 4.69) is 31.0 Å². The van der Waals surface area contributed by atoms with Crippen molar-refractivity contribution in [2.24, 2.45) is 5.10 Å². The molecule has 3 aromatic rings. The molecule has 0 aliphatic rings. The molecule has 0 unspecified atom stereocenters. The Kier molecular flexibility index (Phi) is 7.44. The lowest BCUT2D eigenvalue weighted by Crippen LogP contribution is -2.39. The molecule has 0 saturated heterocycles. The molecule has 0 aliphatic carbocycles. The lowest BCUT2D eigenvalue weighted by Gasteiger charge is -2.25. The highest BCUT2D eigenvalue weighted by Crippen LogP contribution is 2.26. The summed E-state index contributed by atoms with van der Waals surface area (Å²) in [5.41, 5.74) is 8.37. The smallest absolute Gasteiger partial charge is 0.260 e. The maximum Gasteiger partial charge on any atom is 0.260 e. The van der Waals surface area contributed by atoms with Crippen LogP contribution in [0.2, 0.25) is 0 Å².